The molecule has 0 unspecified atom stereocenters. The second-order valence-corrected chi connectivity index (χ2v) is 6.74. The van der Waals surface area contributed by atoms with Gasteiger partial charge in [0, 0.05) is 11.0 Å². The highest BCUT2D eigenvalue weighted by Crippen LogP contribution is 2.26. The number of benzene rings is 1. The van der Waals surface area contributed by atoms with Crippen LogP contribution in [0.4, 0.5) is 13.2 Å². The van der Waals surface area contributed by atoms with E-state index in [0.29, 0.717) is 0 Å². The summed E-state index contributed by atoms with van der Waals surface area (Å²) in [5.41, 5.74) is -0.0804. The van der Waals surface area contributed by atoms with Crippen molar-refractivity contribution in [2.75, 3.05) is 6.54 Å². The highest BCUT2D eigenvalue weighted by molar-refractivity contribution is 9.10. The van der Waals surface area contributed by atoms with Crippen molar-refractivity contribution in [1.29, 1.82) is 0 Å². The summed E-state index contributed by atoms with van der Waals surface area (Å²) < 4.78 is 62.1. The van der Waals surface area contributed by atoms with Gasteiger partial charge in [-0.15, -0.1) is 0 Å². The Kier molecular flexibility index (Phi) is 5.40. The Hall–Kier alpha value is -1.13. The van der Waals surface area contributed by atoms with Gasteiger partial charge in [0.25, 0.3) is 0 Å². The number of sulfonamides is 1. The standard InChI is InChI=1S/C11H11BrF3NO4S/c1-6-8(12)4-7(10(17)18)5-9(6)21(19,20)16-3-2-11(13,14)15/h4-5,16H,2-3H2,1H3,(H,17,18). The maximum absolute atomic E-state index is 12.0. The number of hydrogen-bond acceptors (Lipinski definition) is 3. The molecule has 0 radical (unpaired) electrons. The van der Waals surface area contributed by atoms with Gasteiger partial charge in [-0.2, -0.15) is 13.2 Å². The second-order valence-electron chi connectivity index (χ2n) is 4.15. The SMILES string of the molecule is Cc1c(Br)cc(C(=O)O)cc1S(=O)(=O)NCCC(F)(F)F. The number of nitrogens with one attached hydrogen (secondary N) is 1. The maximum atomic E-state index is 12.0. The van der Waals surface area contributed by atoms with Crippen LogP contribution in [0.25, 0.3) is 0 Å². The molecule has 0 saturated carbocycles. The number of halogens is 4. The number of carboxylic acid groups (broad SMARTS) is 1. The van der Waals surface area contributed by atoms with E-state index in [1.54, 1.807) is 4.72 Å². The molecule has 0 fully saturated rings. The first-order valence-electron chi connectivity index (χ1n) is 5.54. The van der Waals surface area contributed by atoms with Crippen molar-refractivity contribution in [3.63, 3.8) is 0 Å². The molecular formula is C11H11BrF3NO4S. The monoisotopic (exact) mass is 389 g/mol. The van der Waals surface area contributed by atoms with E-state index < -0.39 is 35.1 Å². The summed E-state index contributed by atoms with van der Waals surface area (Å²) >= 11 is 3.02. The number of hydrogen-bond donors (Lipinski definition) is 2. The molecule has 0 aliphatic carbocycles. The number of carboxylic acids is 1. The van der Waals surface area contributed by atoms with Crippen molar-refractivity contribution < 1.29 is 31.5 Å². The lowest BCUT2D eigenvalue weighted by atomic mass is 10.1. The van der Waals surface area contributed by atoms with Gasteiger partial charge in [0.1, 0.15) is 0 Å². The minimum atomic E-state index is -4.49. The van der Waals surface area contributed by atoms with Gasteiger partial charge in [-0.3, -0.25) is 0 Å². The van der Waals surface area contributed by atoms with Crippen LogP contribution in [0.15, 0.2) is 21.5 Å². The fraction of sp³-hybridized carbons (Fsp3) is 0.364. The predicted molar refractivity (Wildman–Crippen MR) is 71.7 cm³/mol. The van der Waals surface area contributed by atoms with E-state index >= 15 is 0 Å². The zero-order valence-corrected chi connectivity index (χ0v) is 13.1. The molecule has 1 rings (SSSR count). The second kappa shape index (κ2) is 6.32. The van der Waals surface area contributed by atoms with Crippen LogP contribution in [0, 0.1) is 6.92 Å². The summed E-state index contributed by atoms with van der Waals surface area (Å²) in [5.74, 6) is -1.34. The molecular weight excluding hydrogens is 379 g/mol. The van der Waals surface area contributed by atoms with Gasteiger partial charge in [-0.05, 0) is 24.6 Å². The van der Waals surface area contributed by atoms with Gasteiger partial charge in [0.05, 0.1) is 16.9 Å². The molecule has 1 aromatic carbocycles. The molecule has 10 heteroatoms. The summed E-state index contributed by atoms with van der Waals surface area (Å²) in [6, 6.07) is 2.12. The predicted octanol–water partition coefficient (Wildman–Crippen LogP) is 2.69. The molecule has 118 valence electrons. The Morgan fingerprint density at radius 3 is 2.43 bits per heavy atom. The smallest absolute Gasteiger partial charge is 0.390 e. The first-order chi connectivity index (χ1) is 9.44. The van der Waals surface area contributed by atoms with Crippen LogP contribution in [-0.2, 0) is 10.0 Å². The average molecular weight is 390 g/mol. The molecule has 0 spiro atoms. The van der Waals surface area contributed by atoms with E-state index in [2.05, 4.69) is 15.9 Å². The Balaban J connectivity index is 3.11. The fourth-order valence-electron chi connectivity index (χ4n) is 1.46. The topological polar surface area (TPSA) is 83.5 Å². The van der Waals surface area contributed by atoms with E-state index in [0.717, 1.165) is 6.07 Å². The molecule has 0 heterocycles. The highest BCUT2D eigenvalue weighted by atomic mass is 79.9. The number of alkyl halides is 3. The van der Waals surface area contributed by atoms with Crippen LogP contribution in [0.2, 0.25) is 0 Å². The first kappa shape index (κ1) is 17.9. The van der Waals surface area contributed by atoms with E-state index in [4.69, 9.17) is 5.11 Å². The molecule has 0 bridgehead atoms. The fourth-order valence-corrected chi connectivity index (χ4v) is 3.37. The molecule has 1 aromatic rings. The number of rotatable bonds is 5. The van der Waals surface area contributed by atoms with Crippen molar-refractivity contribution in [1.82, 2.24) is 4.72 Å². The number of aromatic carboxylic acids is 1. The van der Waals surface area contributed by atoms with E-state index in [-0.39, 0.29) is 20.5 Å². The molecule has 0 amide bonds. The van der Waals surface area contributed by atoms with E-state index in [1.165, 1.54) is 13.0 Å². The van der Waals surface area contributed by atoms with Crippen LogP contribution >= 0.6 is 15.9 Å². The lowest BCUT2D eigenvalue weighted by Crippen LogP contribution is -2.28. The molecule has 0 atom stereocenters. The molecule has 0 aromatic heterocycles. The Morgan fingerprint density at radius 2 is 1.95 bits per heavy atom. The Labute approximate surface area is 127 Å². The first-order valence-corrected chi connectivity index (χ1v) is 7.81. The van der Waals surface area contributed by atoms with Gasteiger partial charge in [0.15, 0.2) is 0 Å². The lowest BCUT2D eigenvalue weighted by molar-refractivity contribution is -0.132. The average Bonchev–Trinajstić information content (AvgIpc) is 2.29. The van der Waals surface area contributed by atoms with Crippen LogP contribution in [-0.4, -0.2) is 32.2 Å². The highest BCUT2D eigenvalue weighted by Gasteiger charge is 2.28. The molecule has 2 N–H and O–H groups in total. The molecule has 21 heavy (non-hydrogen) atoms. The lowest BCUT2D eigenvalue weighted by Gasteiger charge is -2.12. The van der Waals surface area contributed by atoms with Gasteiger partial charge in [-0.25, -0.2) is 17.9 Å². The molecule has 0 saturated heterocycles. The third-order valence-electron chi connectivity index (χ3n) is 2.53. The minimum Gasteiger partial charge on any atom is -0.478 e. The van der Waals surface area contributed by atoms with Gasteiger partial charge in [0.2, 0.25) is 10.0 Å². The van der Waals surface area contributed by atoms with Gasteiger partial charge >= 0.3 is 12.1 Å². The summed E-state index contributed by atoms with van der Waals surface area (Å²) in [6.07, 6.45) is -5.80. The minimum absolute atomic E-state index is 0.208. The largest absolute Gasteiger partial charge is 0.478 e. The van der Waals surface area contributed by atoms with Crippen molar-refractivity contribution in [3.05, 3.63) is 27.7 Å². The third kappa shape index (κ3) is 4.97. The Morgan fingerprint density at radius 1 is 1.38 bits per heavy atom. The third-order valence-corrected chi connectivity index (χ3v) is 4.94. The number of carbonyl (C=O) groups is 1. The van der Waals surface area contributed by atoms with Crippen molar-refractivity contribution in [3.8, 4) is 0 Å². The summed E-state index contributed by atoms with van der Waals surface area (Å²) in [6.45, 7) is 0.591. The zero-order chi connectivity index (χ0) is 16.4. The molecule has 0 aliphatic heterocycles. The van der Waals surface area contributed by atoms with Gasteiger partial charge < -0.3 is 5.11 Å². The van der Waals surface area contributed by atoms with Crippen molar-refractivity contribution in [2.24, 2.45) is 0 Å². The van der Waals surface area contributed by atoms with E-state index in [1.807, 2.05) is 0 Å². The summed E-state index contributed by atoms with van der Waals surface area (Å²) in [7, 11) is -4.24. The van der Waals surface area contributed by atoms with Crippen molar-refractivity contribution >= 4 is 31.9 Å². The van der Waals surface area contributed by atoms with Crippen LogP contribution < -0.4 is 4.72 Å². The molecule has 0 aliphatic rings. The molecule has 5 nitrogen and oxygen atoms in total. The Bertz CT molecular complexity index is 658. The van der Waals surface area contributed by atoms with Crippen LogP contribution in [0.3, 0.4) is 0 Å². The van der Waals surface area contributed by atoms with Gasteiger partial charge in [-0.1, -0.05) is 15.9 Å². The summed E-state index contributed by atoms with van der Waals surface area (Å²) in [4.78, 5) is 10.5. The quantitative estimate of drug-likeness (QED) is 0.810. The zero-order valence-electron chi connectivity index (χ0n) is 10.7. The van der Waals surface area contributed by atoms with Crippen LogP contribution in [0.5, 0.6) is 0 Å². The van der Waals surface area contributed by atoms with Crippen molar-refractivity contribution in [2.45, 2.75) is 24.4 Å². The summed E-state index contributed by atoms with van der Waals surface area (Å²) in [5, 5.41) is 8.89. The van der Waals surface area contributed by atoms with Crippen LogP contribution in [0.1, 0.15) is 22.3 Å². The maximum Gasteiger partial charge on any atom is 0.390 e. The van der Waals surface area contributed by atoms with E-state index in [9.17, 15) is 26.4 Å². The normalized spacial score (nSPS) is 12.4.